The molecule has 2 fully saturated rings. The van der Waals surface area contributed by atoms with E-state index < -0.39 is 0 Å². The minimum absolute atomic E-state index is 0.0276. The number of amidine groups is 1. The number of rotatable bonds is 4. The van der Waals surface area contributed by atoms with Gasteiger partial charge in [0.25, 0.3) is 5.91 Å². The Kier molecular flexibility index (Phi) is 6.99. The lowest BCUT2D eigenvalue weighted by Gasteiger charge is -2.35. The van der Waals surface area contributed by atoms with Crippen molar-refractivity contribution in [3.63, 3.8) is 0 Å². The number of morpholine rings is 1. The van der Waals surface area contributed by atoms with Crippen LogP contribution in [-0.4, -0.2) is 59.6 Å². The lowest BCUT2D eigenvalue weighted by molar-refractivity contribution is -0.113. The summed E-state index contributed by atoms with van der Waals surface area (Å²) < 4.78 is 10.9. The van der Waals surface area contributed by atoms with Crippen molar-refractivity contribution >= 4 is 28.9 Å². The van der Waals surface area contributed by atoms with Gasteiger partial charge in [0.15, 0.2) is 16.7 Å². The van der Waals surface area contributed by atoms with Crippen LogP contribution in [0, 0.1) is 0 Å². The van der Waals surface area contributed by atoms with E-state index in [4.69, 9.17) is 9.47 Å². The molecule has 1 saturated carbocycles. The van der Waals surface area contributed by atoms with E-state index in [9.17, 15) is 15.0 Å². The van der Waals surface area contributed by atoms with Crippen molar-refractivity contribution in [3.05, 3.63) is 46.4 Å². The molecular weight excluding hydrogens is 476 g/mol. The van der Waals surface area contributed by atoms with E-state index in [0.717, 1.165) is 42.4 Å². The Morgan fingerprint density at radius 3 is 2.56 bits per heavy atom. The number of aromatic hydroxyl groups is 2. The van der Waals surface area contributed by atoms with Gasteiger partial charge in [-0.3, -0.25) is 4.79 Å². The molecule has 0 bridgehead atoms. The third-order valence-corrected chi connectivity index (χ3v) is 8.48. The molecule has 190 valence electrons. The molecule has 1 saturated heterocycles. The highest BCUT2D eigenvalue weighted by molar-refractivity contribution is 8.18. The maximum Gasteiger partial charge on any atom is 0.286 e. The molecule has 2 heterocycles. The van der Waals surface area contributed by atoms with Crippen molar-refractivity contribution in [1.82, 2.24) is 4.90 Å². The number of hydrogen-bond acceptors (Lipinski definition) is 7. The number of nitrogens with zero attached hydrogens (tertiary/aromatic N) is 2. The van der Waals surface area contributed by atoms with Gasteiger partial charge in [-0.2, -0.15) is 4.99 Å². The van der Waals surface area contributed by atoms with Gasteiger partial charge in [-0.1, -0.05) is 32.3 Å². The maximum absolute atomic E-state index is 12.7. The number of ether oxygens (including phenoxy) is 2. The van der Waals surface area contributed by atoms with Gasteiger partial charge in [-0.25, -0.2) is 0 Å². The Bertz CT molecular complexity index is 1230. The second-order valence-electron chi connectivity index (χ2n) is 9.88. The van der Waals surface area contributed by atoms with Gasteiger partial charge in [-0.15, -0.1) is 0 Å². The average Bonchev–Trinajstić information content (AvgIpc) is 3.26. The molecule has 0 spiro atoms. The van der Waals surface area contributed by atoms with Crippen LogP contribution in [0.4, 0.5) is 0 Å². The molecule has 2 aromatic rings. The van der Waals surface area contributed by atoms with Crippen LogP contribution in [0.3, 0.4) is 0 Å². The summed E-state index contributed by atoms with van der Waals surface area (Å²) in [5.74, 6) is 0.294. The molecule has 0 unspecified atom stereocenters. The predicted molar refractivity (Wildman–Crippen MR) is 143 cm³/mol. The first-order valence-electron chi connectivity index (χ1n) is 12.5. The zero-order valence-corrected chi connectivity index (χ0v) is 21.6. The van der Waals surface area contributed by atoms with Crippen molar-refractivity contribution in [1.29, 1.82) is 0 Å². The van der Waals surface area contributed by atoms with Crippen LogP contribution < -0.4 is 4.74 Å². The number of benzene rings is 2. The van der Waals surface area contributed by atoms with Crippen molar-refractivity contribution in [2.24, 2.45) is 4.99 Å². The van der Waals surface area contributed by atoms with Gasteiger partial charge in [0.05, 0.1) is 25.2 Å². The summed E-state index contributed by atoms with van der Waals surface area (Å²) >= 11 is 1.31. The number of carbonyl (C=O) groups excluding carboxylic acids is 1. The highest BCUT2D eigenvalue weighted by Gasteiger charge is 2.32. The predicted octanol–water partition coefficient (Wildman–Crippen LogP) is 5.30. The van der Waals surface area contributed by atoms with Crippen molar-refractivity contribution in [3.8, 4) is 28.4 Å². The van der Waals surface area contributed by atoms with Crippen LogP contribution in [0.1, 0.15) is 50.2 Å². The average molecular weight is 509 g/mol. The molecule has 5 rings (SSSR count). The molecule has 1 amide bonds. The zero-order valence-electron chi connectivity index (χ0n) is 20.7. The standard InChI is InChI=1S/C28H32N2O5S/c1-28(8-4-3-5-9-28)21-15-18(6-7-22(21)31)19-14-20(25(32)23(16-19)34-2)17-24-26(33)29-27(36-24)30-10-12-35-13-11-30/h6-7,14-17,31-32H,3-5,8-13H2,1-2H3. The second-order valence-corrected chi connectivity index (χ2v) is 10.9. The second kappa shape index (κ2) is 10.2. The number of phenols is 2. The van der Waals surface area contributed by atoms with Crippen LogP contribution in [0.2, 0.25) is 0 Å². The SMILES string of the molecule is COc1cc(-c2ccc(O)c(C3(C)CCCCC3)c2)cc(C=C2SC(N3CCOCC3)=NC2=O)c1O. The third kappa shape index (κ3) is 4.84. The maximum atomic E-state index is 12.7. The summed E-state index contributed by atoms with van der Waals surface area (Å²) in [6, 6.07) is 9.32. The summed E-state index contributed by atoms with van der Waals surface area (Å²) in [6.45, 7) is 4.85. The van der Waals surface area contributed by atoms with Crippen molar-refractivity contribution in [2.45, 2.75) is 44.4 Å². The molecule has 2 N–H and O–H groups in total. The van der Waals surface area contributed by atoms with Crippen LogP contribution >= 0.6 is 11.8 Å². The highest BCUT2D eigenvalue weighted by Crippen LogP contribution is 2.45. The Balaban J connectivity index is 1.49. The zero-order chi connectivity index (χ0) is 25.3. The Labute approximate surface area is 215 Å². The number of thioether (sulfide) groups is 1. The smallest absolute Gasteiger partial charge is 0.286 e. The number of phenolic OH excluding ortho intramolecular Hbond substituents is 2. The molecule has 3 aliphatic rings. The highest BCUT2D eigenvalue weighted by atomic mass is 32.2. The third-order valence-electron chi connectivity index (χ3n) is 7.44. The quantitative estimate of drug-likeness (QED) is 0.542. The fourth-order valence-corrected chi connectivity index (χ4v) is 6.25. The molecule has 1 aliphatic carbocycles. The first kappa shape index (κ1) is 24.7. The summed E-state index contributed by atoms with van der Waals surface area (Å²) in [6.07, 6.45) is 7.32. The number of hydrogen-bond donors (Lipinski definition) is 2. The van der Waals surface area contributed by atoms with Crippen LogP contribution in [0.5, 0.6) is 17.2 Å². The Morgan fingerprint density at radius 1 is 1.08 bits per heavy atom. The van der Waals surface area contributed by atoms with Crippen LogP contribution in [0.15, 0.2) is 40.2 Å². The van der Waals surface area contributed by atoms with E-state index in [2.05, 4.69) is 18.0 Å². The normalized spacial score (nSPS) is 21.1. The van der Waals surface area contributed by atoms with Gasteiger partial charge in [0.2, 0.25) is 0 Å². The Morgan fingerprint density at radius 2 is 1.83 bits per heavy atom. The molecule has 2 aliphatic heterocycles. The Hall–Kier alpha value is -2.97. The number of carbonyl (C=O) groups is 1. The van der Waals surface area contributed by atoms with E-state index >= 15 is 0 Å². The molecule has 7 nitrogen and oxygen atoms in total. The first-order chi connectivity index (χ1) is 17.4. The lowest BCUT2D eigenvalue weighted by Crippen LogP contribution is -2.38. The minimum atomic E-state index is -0.317. The minimum Gasteiger partial charge on any atom is -0.508 e. The van der Waals surface area contributed by atoms with E-state index in [0.29, 0.717) is 53.4 Å². The summed E-state index contributed by atoms with van der Waals surface area (Å²) in [4.78, 5) is 19.4. The molecular formula is C28H32N2O5S. The number of aliphatic imine (C=N–C) groups is 1. The van der Waals surface area contributed by atoms with Crippen LogP contribution in [-0.2, 0) is 14.9 Å². The van der Waals surface area contributed by atoms with Gasteiger partial charge in [0, 0.05) is 24.2 Å². The summed E-state index contributed by atoms with van der Waals surface area (Å²) in [5, 5.41) is 22.2. The van der Waals surface area contributed by atoms with E-state index in [-0.39, 0.29) is 17.1 Å². The van der Waals surface area contributed by atoms with E-state index in [1.165, 1.54) is 25.3 Å². The molecule has 0 atom stereocenters. The summed E-state index contributed by atoms with van der Waals surface area (Å²) in [5.41, 5.74) is 3.13. The van der Waals surface area contributed by atoms with Crippen molar-refractivity contribution < 1.29 is 24.5 Å². The number of amides is 1. The largest absolute Gasteiger partial charge is 0.508 e. The fourth-order valence-electron chi connectivity index (χ4n) is 5.29. The molecule has 0 aromatic heterocycles. The number of methoxy groups -OCH3 is 1. The first-order valence-corrected chi connectivity index (χ1v) is 13.3. The van der Waals surface area contributed by atoms with E-state index in [1.807, 2.05) is 17.0 Å². The van der Waals surface area contributed by atoms with Gasteiger partial charge >= 0.3 is 0 Å². The topological polar surface area (TPSA) is 91.6 Å². The van der Waals surface area contributed by atoms with Crippen LogP contribution in [0.25, 0.3) is 17.2 Å². The fraction of sp³-hybridized carbons (Fsp3) is 0.429. The monoisotopic (exact) mass is 508 g/mol. The molecule has 2 aromatic carbocycles. The van der Waals surface area contributed by atoms with Gasteiger partial charge < -0.3 is 24.6 Å². The molecule has 0 radical (unpaired) electrons. The van der Waals surface area contributed by atoms with Gasteiger partial charge in [-0.05, 0) is 71.5 Å². The van der Waals surface area contributed by atoms with E-state index in [1.54, 1.807) is 18.2 Å². The van der Waals surface area contributed by atoms with Gasteiger partial charge in [0.1, 0.15) is 5.75 Å². The lowest BCUT2D eigenvalue weighted by atomic mass is 9.70. The summed E-state index contributed by atoms with van der Waals surface area (Å²) in [7, 11) is 1.51. The molecule has 36 heavy (non-hydrogen) atoms. The molecule has 8 heteroatoms. The van der Waals surface area contributed by atoms with Crippen molar-refractivity contribution in [2.75, 3.05) is 33.4 Å².